The smallest absolute Gasteiger partial charge is 0.418 e. The van der Waals surface area contributed by atoms with E-state index in [1.54, 1.807) is 12.1 Å². The number of nitrogens with one attached hydrogen (secondary N) is 1. The number of anilines is 1. The minimum Gasteiger partial charge on any atom is -0.463 e. The molecule has 0 saturated heterocycles. The Morgan fingerprint density at radius 3 is 2.74 bits per heavy atom. The van der Waals surface area contributed by atoms with Crippen molar-refractivity contribution in [3.8, 4) is 27.7 Å². The molecule has 3 aromatic heterocycles. The molecule has 5 rings (SSSR count). The number of aromatic nitrogens is 3. The Labute approximate surface area is 193 Å². The third-order valence-electron chi connectivity index (χ3n) is 5.27. The summed E-state index contributed by atoms with van der Waals surface area (Å²) in [4.78, 5) is 26.7. The normalized spacial score (nSPS) is 12.8. The molecule has 1 amide bonds. The van der Waals surface area contributed by atoms with Crippen molar-refractivity contribution in [3.63, 3.8) is 0 Å². The molecule has 9 nitrogen and oxygen atoms in total. The predicted molar refractivity (Wildman–Crippen MR) is 116 cm³/mol. The van der Waals surface area contributed by atoms with Crippen molar-refractivity contribution < 1.29 is 27.3 Å². The molecule has 1 aromatic carbocycles. The molecule has 0 atom stereocenters. The summed E-state index contributed by atoms with van der Waals surface area (Å²) in [6.45, 7) is 1.33. The fourth-order valence-corrected chi connectivity index (χ4v) is 5.02. The molecule has 0 saturated carbocycles. The van der Waals surface area contributed by atoms with Crippen molar-refractivity contribution in [1.29, 1.82) is 0 Å². The van der Waals surface area contributed by atoms with Gasteiger partial charge in [0.2, 0.25) is 5.91 Å². The largest absolute Gasteiger partial charge is 0.463 e. The van der Waals surface area contributed by atoms with Gasteiger partial charge in [-0.1, -0.05) is 11.3 Å². The number of halogens is 3. The molecule has 0 fully saturated rings. The highest BCUT2D eigenvalue weighted by Crippen LogP contribution is 2.46. The van der Waals surface area contributed by atoms with E-state index in [2.05, 4.69) is 15.4 Å². The number of nitro benzene ring substituents is 1. The van der Waals surface area contributed by atoms with Gasteiger partial charge in [0.25, 0.3) is 5.69 Å². The van der Waals surface area contributed by atoms with Gasteiger partial charge in [-0.2, -0.15) is 18.3 Å². The highest BCUT2D eigenvalue weighted by Gasteiger charge is 2.38. The van der Waals surface area contributed by atoms with Gasteiger partial charge >= 0.3 is 6.18 Å². The zero-order valence-electron chi connectivity index (χ0n) is 17.3. The van der Waals surface area contributed by atoms with Crippen LogP contribution in [0.4, 0.5) is 24.0 Å². The number of benzene rings is 1. The second kappa shape index (κ2) is 7.80. The number of aryl methyl sites for hydroxylation is 1. The van der Waals surface area contributed by atoms with E-state index in [4.69, 9.17) is 4.42 Å². The van der Waals surface area contributed by atoms with E-state index in [1.165, 1.54) is 13.2 Å². The highest BCUT2D eigenvalue weighted by atomic mass is 32.1. The van der Waals surface area contributed by atoms with Crippen molar-refractivity contribution >= 4 is 28.1 Å². The molecule has 0 unspecified atom stereocenters. The lowest BCUT2D eigenvalue weighted by Crippen LogP contribution is -2.14. The van der Waals surface area contributed by atoms with Crippen LogP contribution in [0.25, 0.3) is 27.7 Å². The number of nitrogens with zero attached hydrogens (tertiary/aromatic N) is 4. The van der Waals surface area contributed by atoms with Crippen LogP contribution in [0.15, 0.2) is 41.0 Å². The van der Waals surface area contributed by atoms with Gasteiger partial charge in [0.05, 0.1) is 38.7 Å². The number of nitro groups is 1. The first-order chi connectivity index (χ1) is 16.1. The minimum absolute atomic E-state index is 0.317. The second-order valence-electron chi connectivity index (χ2n) is 7.50. The van der Waals surface area contributed by atoms with Gasteiger partial charge in [-0.25, -0.2) is 9.67 Å². The Morgan fingerprint density at radius 1 is 1.29 bits per heavy atom. The summed E-state index contributed by atoms with van der Waals surface area (Å²) in [6, 6.07) is 5.83. The summed E-state index contributed by atoms with van der Waals surface area (Å²) in [5.74, 6) is 0.0475. The molecule has 1 aliphatic rings. The number of non-ortho nitro benzene ring substituents is 1. The number of furan rings is 1. The van der Waals surface area contributed by atoms with Crippen LogP contribution in [0.1, 0.15) is 23.7 Å². The minimum atomic E-state index is -4.88. The molecular formula is C21H14F3N5O4S. The Balaban J connectivity index is 1.79. The maximum absolute atomic E-state index is 14.0. The van der Waals surface area contributed by atoms with E-state index in [0.29, 0.717) is 57.3 Å². The molecule has 0 aliphatic heterocycles. The number of hydrogen-bond acceptors (Lipinski definition) is 7. The molecule has 0 bridgehead atoms. The van der Waals surface area contributed by atoms with Crippen LogP contribution in [-0.2, 0) is 23.8 Å². The first-order valence-electron chi connectivity index (χ1n) is 9.93. The number of fused-ring (bicyclic) bond motifs is 3. The predicted octanol–water partition coefficient (Wildman–Crippen LogP) is 5.24. The zero-order valence-corrected chi connectivity index (χ0v) is 18.2. The van der Waals surface area contributed by atoms with E-state index in [9.17, 15) is 28.1 Å². The number of amides is 1. The number of alkyl halides is 3. The lowest BCUT2D eigenvalue weighted by atomic mass is 9.96. The number of rotatable bonds is 4. The van der Waals surface area contributed by atoms with E-state index < -0.39 is 22.4 Å². The molecule has 1 aliphatic carbocycles. The van der Waals surface area contributed by atoms with Crippen LogP contribution in [0, 0.1) is 10.1 Å². The Hall–Kier alpha value is -4.00. The summed E-state index contributed by atoms with van der Waals surface area (Å²) in [7, 11) is 0. The third kappa shape index (κ3) is 3.63. The fraction of sp³-hybridized carbons (Fsp3) is 0.190. The van der Waals surface area contributed by atoms with Crippen LogP contribution in [0.5, 0.6) is 0 Å². The van der Waals surface area contributed by atoms with Crippen molar-refractivity contribution in [2.75, 3.05) is 5.32 Å². The molecule has 0 radical (unpaired) electrons. The summed E-state index contributed by atoms with van der Waals surface area (Å²) in [6.07, 6.45) is -2.53. The van der Waals surface area contributed by atoms with Crippen LogP contribution < -0.4 is 5.32 Å². The highest BCUT2D eigenvalue weighted by molar-refractivity contribution is 7.19. The SMILES string of the molecule is CC(=O)Nc1nc2c(s1)-c1c(c(-c3ccco3)nn1-c1ccc([N+](=O)[O-])cc1C(F)(F)F)CC2. The van der Waals surface area contributed by atoms with Gasteiger partial charge in [-0.05, 0) is 31.0 Å². The molecule has 1 N–H and O–H groups in total. The number of carbonyl (C=O) groups excluding carboxylic acids is 1. The van der Waals surface area contributed by atoms with Crippen LogP contribution in [0.3, 0.4) is 0 Å². The van der Waals surface area contributed by atoms with Crippen molar-refractivity contribution in [2.45, 2.75) is 25.9 Å². The maximum Gasteiger partial charge on any atom is 0.418 e. The first-order valence-corrected chi connectivity index (χ1v) is 10.7. The topological polar surface area (TPSA) is 116 Å². The Kier molecular flexibility index (Phi) is 5.01. The monoisotopic (exact) mass is 489 g/mol. The Bertz CT molecular complexity index is 1440. The molecule has 13 heteroatoms. The van der Waals surface area contributed by atoms with Crippen LogP contribution >= 0.6 is 11.3 Å². The molecule has 0 spiro atoms. The molecular weight excluding hydrogens is 475 g/mol. The fourth-order valence-electron chi connectivity index (χ4n) is 3.91. The molecule has 34 heavy (non-hydrogen) atoms. The number of carbonyl (C=O) groups is 1. The first kappa shape index (κ1) is 21.8. The maximum atomic E-state index is 14.0. The van der Waals surface area contributed by atoms with E-state index in [-0.39, 0.29) is 11.6 Å². The summed E-state index contributed by atoms with van der Waals surface area (Å²) in [5.41, 5.74) is -0.232. The zero-order chi connectivity index (χ0) is 24.2. The van der Waals surface area contributed by atoms with Gasteiger partial charge in [0.15, 0.2) is 10.9 Å². The number of thiazole rings is 1. The molecule has 4 aromatic rings. The van der Waals surface area contributed by atoms with E-state index in [1.807, 2.05) is 0 Å². The second-order valence-corrected chi connectivity index (χ2v) is 8.50. The van der Waals surface area contributed by atoms with Crippen LogP contribution in [0.2, 0.25) is 0 Å². The van der Waals surface area contributed by atoms with Crippen molar-refractivity contribution in [2.24, 2.45) is 0 Å². The Morgan fingerprint density at radius 2 is 2.09 bits per heavy atom. The molecule has 3 heterocycles. The average molecular weight is 489 g/mol. The standard InChI is InChI=1S/C21H14F3N5O4S/c1-10(30)25-20-26-14-6-5-12-17(16-3-2-8-33-16)27-28(18(12)19(14)34-20)15-7-4-11(29(31)32)9-13(15)21(22,23)24/h2-4,7-9H,5-6H2,1H3,(H,25,26,30). The van der Waals surface area contributed by atoms with Gasteiger partial charge in [-0.3, -0.25) is 14.9 Å². The van der Waals surface area contributed by atoms with Gasteiger partial charge in [0, 0.05) is 24.6 Å². The quantitative estimate of drug-likeness (QED) is 0.310. The van der Waals surface area contributed by atoms with Gasteiger partial charge in [0.1, 0.15) is 5.69 Å². The van der Waals surface area contributed by atoms with E-state index >= 15 is 0 Å². The van der Waals surface area contributed by atoms with E-state index in [0.717, 1.165) is 28.2 Å². The van der Waals surface area contributed by atoms with Crippen molar-refractivity contribution in [1.82, 2.24) is 14.8 Å². The lowest BCUT2D eigenvalue weighted by Gasteiger charge is -2.17. The van der Waals surface area contributed by atoms with Crippen LogP contribution in [-0.4, -0.2) is 25.6 Å². The summed E-state index contributed by atoms with van der Waals surface area (Å²) in [5, 5.41) is 18.5. The summed E-state index contributed by atoms with van der Waals surface area (Å²) < 4.78 is 48.6. The molecule has 174 valence electrons. The average Bonchev–Trinajstić information content (AvgIpc) is 3.49. The van der Waals surface area contributed by atoms with Crippen molar-refractivity contribution in [3.05, 3.63) is 63.5 Å². The number of hydrogen-bond donors (Lipinski definition) is 1. The van der Waals surface area contributed by atoms with Gasteiger partial charge < -0.3 is 9.73 Å². The third-order valence-corrected chi connectivity index (χ3v) is 6.29. The lowest BCUT2D eigenvalue weighted by molar-refractivity contribution is -0.385. The van der Waals surface area contributed by atoms with Gasteiger partial charge in [-0.15, -0.1) is 0 Å². The summed E-state index contributed by atoms with van der Waals surface area (Å²) >= 11 is 1.12.